The lowest BCUT2D eigenvalue weighted by Crippen LogP contribution is -2.29. The molecule has 5 nitrogen and oxygen atoms in total. The van der Waals surface area contributed by atoms with Crippen LogP contribution in [0.1, 0.15) is 4.88 Å². The molecule has 0 saturated heterocycles. The number of nitrogens with zero attached hydrogens (tertiary/aromatic N) is 1. The van der Waals surface area contributed by atoms with Crippen molar-refractivity contribution in [3.63, 3.8) is 0 Å². The number of carbonyl (C=O) groups is 1. The molecule has 0 aliphatic rings. The highest BCUT2D eigenvalue weighted by Gasteiger charge is 2.39. The zero-order valence-electron chi connectivity index (χ0n) is 8.67. The zero-order valence-corrected chi connectivity index (χ0v) is 9.49. The first-order chi connectivity index (χ1) is 7.93. The first kappa shape index (κ1) is 13.9. The quantitative estimate of drug-likeness (QED) is 0.686. The number of thiazole rings is 1. The van der Waals surface area contributed by atoms with Crippen LogP contribution in [0, 0.1) is 0 Å². The largest absolute Gasteiger partial charge is 0.471 e. The molecule has 1 rings (SSSR count). The molecule has 0 bridgehead atoms. The molecule has 17 heavy (non-hydrogen) atoms. The van der Waals surface area contributed by atoms with Crippen LogP contribution in [0.3, 0.4) is 0 Å². The van der Waals surface area contributed by atoms with Gasteiger partial charge in [0.05, 0.1) is 0 Å². The zero-order chi connectivity index (χ0) is 12.9. The third kappa shape index (κ3) is 4.67. The topological polar surface area (TPSA) is 80.0 Å². The van der Waals surface area contributed by atoms with E-state index in [1.54, 1.807) is 5.32 Å². The van der Waals surface area contributed by atoms with Crippen molar-refractivity contribution in [1.29, 1.82) is 0 Å². The average molecular weight is 268 g/mol. The lowest BCUT2D eigenvalue weighted by Gasteiger charge is -2.04. The molecule has 0 aromatic carbocycles. The number of alkyl halides is 3. The summed E-state index contributed by atoms with van der Waals surface area (Å²) in [4.78, 5) is 15.0. The fourth-order valence-electron chi connectivity index (χ4n) is 0.929. The summed E-state index contributed by atoms with van der Waals surface area (Å²) in [5.74, 6) is -2.02. The number of carbonyl (C=O) groups excluding carboxylic acids is 1. The summed E-state index contributed by atoms with van der Waals surface area (Å²) in [6.45, 7) is 1.52. The van der Waals surface area contributed by atoms with Crippen molar-refractivity contribution in [1.82, 2.24) is 10.3 Å². The van der Waals surface area contributed by atoms with E-state index in [9.17, 15) is 18.0 Å². The monoisotopic (exact) mass is 268 g/mol. The van der Waals surface area contributed by atoms with Crippen LogP contribution in [0.4, 0.5) is 18.3 Å². The van der Waals surface area contributed by atoms with Crippen LogP contribution in [0.2, 0.25) is 0 Å². The van der Waals surface area contributed by atoms with Crippen LogP contribution < -0.4 is 16.4 Å². The first-order valence-corrected chi connectivity index (χ1v) is 5.49. The van der Waals surface area contributed by atoms with E-state index < -0.39 is 12.1 Å². The number of aromatic nitrogens is 1. The van der Waals surface area contributed by atoms with Crippen molar-refractivity contribution in [2.24, 2.45) is 5.73 Å². The maximum absolute atomic E-state index is 11.9. The van der Waals surface area contributed by atoms with Gasteiger partial charge in [0.25, 0.3) is 0 Å². The molecular formula is C8H11F3N4OS. The molecule has 1 amide bonds. The third-order valence-electron chi connectivity index (χ3n) is 1.65. The summed E-state index contributed by atoms with van der Waals surface area (Å²) < 4.78 is 35.8. The van der Waals surface area contributed by atoms with Crippen molar-refractivity contribution >= 4 is 22.4 Å². The van der Waals surface area contributed by atoms with Gasteiger partial charge in [-0.1, -0.05) is 0 Å². The summed E-state index contributed by atoms with van der Waals surface area (Å²) in [5, 5.41) is 4.57. The molecule has 0 saturated carbocycles. The van der Waals surface area contributed by atoms with Gasteiger partial charge in [0.15, 0.2) is 5.13 Å². The minimum absolute atomic E-state index is 0.0723. The Hall–Kier alpha value is -1.19. The molecule has 9 heteroatoms. The lowest BCUT2D eigenvalue weighted by molar-refractivity contribution is -0.167. The molecule has 0 aliphatic carbocycles. The van der Waals surface area contributed by atoms with E-state index in [-0.39, 0.29) is 5.13 Å². The Morgan fingerprint density at radius 1 is 1.53 bits per heavy atom. The Morgan fingerprint density at radius 3 is 2.82 bits per heavy atom. The highest BCUT2D eigenvalue weighted by atomic mass is 32.1. The molecule has 0 atom stereocenters. The van der Waals surface area contributed by atoms with E-state index >= 15 is 0 Å². The molecule has 1 heterocycles. The summed E-state index contributed by atoms with van der Waals surface area (Å²) >= 11 is 0.981. The van der Waals surface area contributed by atoms with Crippen LogP contribution in [-0.2, 0) is 11.3 Å². The van der Waals surface area contributed by atoms with E-state index in [4.69, 9.17) is 5.73 Å². The number of hydrogen-bond donors (Lipinski definition) is 3. The summed E-state index contributed by atoms with van der Waals surface area (Å²) in [7, 11) is 0. The van der Waals surface area contributed by atoms with E-state index in [1.165, 1.54) is 6.20 Å². The number of rotatable bonds is 5. The Balaban J connectivity index is 2.48. The fraction of sp³-hybridized carbons (Fsp3) is 0.500. The van der Waals surface area contributed by atoms with Crippen molar-refractivity contribution in [3.8, 4) is 0 Å². The Bertz CT molecular complexity index is 379. The number of hydrogen-bond acceptors (Lipinski definition) is 5. The van der Waals surface area contributed by atoms with Gasteiger partial charge in [-0.25, -0.2) is 4.98 Å². The standard InChI is InChI=1S/C8H11F3N4OS/c9-8(10,11)6(16)15-7-14-4-5(17-7)3-13-2-1-12/h4,13H,1-3,12H2,(H,14,15,16). The van der Waals surface area contributed by atoms with E-state index in [1.807, 2.05) is 0 Å². The van der Waals surface area contributed by atoms with Crippen molar-refractivity contribution in [2.45, 2.75) is 12.7 Å². The smallest absolute Gasteiger partial charge is 0.329 e. The molecule has 1 aromatic rings. The maximum atomic E-state index is 11.9. The number of nitrogens with one attached hydrogen (secondary N) is 2. The van der Waals surface area contributed by atoms with Crippen LogP contribution in [0.15, 0.2) is 6.20 Å². The minimum atomic E-state index is -4.90. The summed E-state index contributed by atoms with van der Waals surface area (Å²) in [6, 6.07) is 0. The number of nitrogens with two attached hydrogens (primary N) is 1. The lowest BCUT2D eigenvalue weighted by atomic mass is 10.5. The normalized spacial score (nSPS) is 11.5. The van der Waals surface area contributed by atoms with Crippen LogP contribution in [0.25, 0.3) is 0 Å². The second kappa shape index (κ2) is 5.94. The Labute approximate surface area is 99.2 Å². The molecule has 0 unspecified atom stereocenters. The van der Waals surface area contributed by atoms with Gasteiger partial charge < -0.3 is 11.1 Å². The molecule has 0 aliphatic heterocycles. The van der Waals surface area contributed by atoms with Gasteiger partial charge in [-0.15, -0.1) is 11.3 Å². The SMILES string of the molecule is NCCNCc1cnc(NC(=O)C(F)(F)F)s1. The Kier molecular flexibility index (Phi) is 4.85. The van der Waals surface area contributed by atoms with Crippen molar-refractivity contribution in [3.05, 3.63) is 11.1 Å². The van der Waals surface area contributed by atoms with E-state index in [2.05, 4.69) is 10.3 Å². The summed E-state index contributed by atoms with van der Waals surface area (Å²) in [5.41, 5.74) is 5.25. The van der Waals surface area contributed by atoms with E-state index in [0.717, 1.165) is 16.2 Å². The summed E-state index contributed by atoms with van der Waals surface area (Å²) in [6.07, 6.45) is -3.50. The molecular weight excluding hydrogens is 257 g/mol. The Morgan fingerprint density at radius 2 is 2.24 bits per heavy atom. The van der Waals surface area contributed by atoms with Crippen molar-refractivity contribution < 1.29 is 18.0 Å². The van der Waals surface area contributed by atoms with Gasteiger partial charge in [-0.05, 0) is 0 Å². The molecule has 0 spiro atoms. The third-order valence-corrected chi connectivity index (χ3v) is 2.56. The fourth-order valence-corrected chi connectivity index (χ4v) is 1.71. The second-order valence-corrected chi connectivity index (χ2v) is 4.16. The second-order valence-electron chi connectivity index (χ2n) is 3.05. The van der Waals surface area contributed by atoms with Crippen LogP contribution in [-0.4, -0.2) is 30.2 Å². The van der Waals surface area contributed by atoms with Gasteiger partial charge in [0, 0.05) is 30.7 Å². The molecule has 4 N–H and O–H groups in total. The number of amides is 1. The minimum Gasteiger partial charge on any atom is -0.329 e. The van der Waals surface area contributed by atoms with Gasteiger partial charge in [0.2, 0.25) is 0 Å². The van der Waals surface area contributed by atoms with Crippen LogP contribution >= 0.6 is 11.3 Å². The number of anilines is 1. The maximum Gasteiger partial charge on any atom is 0.471 e. The van der Waals surface area contributed by atoms with Gasteiger partial charge in [-0.3, -0.25) is 10.1 Å². The van der Waals surface area contributed by atoms with Gasteiger partial charge in [0.1, 0.15) is 0 Å². The highest BCUT2D eigenvalue weighted by molar-refractivity contribution is 7.15. The molecule has 0 fully saturated rings. The van der Waals surface area contributed by atoms with Crippen LogP contribution in [0.5, 0.6) is 0 Å². The van der Waals surface area contributed by atoms with Gasteiger partial charge in [-0.2, -0.15) is 13.2 Å². The predicted molar refractivity (Wildman–Crippen MR) is 57.6 cm³/mol. The highest BCUT2D eigenvalue weighted by Crippen LogP contribution is 2.21. The molecule has 0 radical (unpaired) electrons. The molecule has 1 aromatic heterocycles. The van der Waals surface area contributed by atoms with E-state index in [0.29, 0.717) is 19.6 Å². The predicted octanol–water partition coefficient (Wildman–Crippen LogP) is 0.692. The average Bonchev–Trinajstić information content (AvgIpc) is 2.65. The van der Waals surface area contributed by atoms with Gasteiger partial charge >= 0.3 is 12.1 Å². The number of halogens is 3. The molecule has 96 valence electrons. The van der Waals surface area contributed by atoms with Crippen molar-refractivity contribution in [2.75, 3.05) is 18.4 Å². The first-order valence-electron chi connectivity index (χ1n) is 4.67.